The zero-order valence-corrected chi connectivity index (χ0v) is 14.1. The van der Waals surface area contributed by atoms with E-state index in [1.54, 1.807) is 10.9 Å². The summed E-state index contributed by atoms with van der Waals surface area (Å²) in [5.74, 6) is 1.67. The highest BCUT2D eigenvalue weighted by atomic mass is 15.4. The summed E-state index contributed by atoms with van der Waals surface area (Å²) < 4.78 is 1.71. The molecule has 0 unspecified atom stereocenters. The van der Waals surface area contributed by atoms with Crippen LogP contribution in [-0.2, 0) is 6.42 Å². The van der Waals surface area contributed by atoms with Crippen LogP contribution in [0.1, 0.15) is 5.69 Å². The Bertz CT molecular complexity index is 763. The average Bonchev–Trinajstić information content (AvgIpc) is 3.23. The number of pyridine rings is 1. The first-order valence-corrected chi connectivity index (χ1v) is 8.59. The number of hydrogen-bond donors (Lipinski definition) is 0. The third kappa shape index (κ3) is 3.83. The van der Waals surface area contributed by atoms with E-state index in [1.165, 1.54) is 0 Å². The van der Waals surface area contributed by atoms with Crippen LogP contribution < -0.4 is 4.90 Å². The third-order valence-electron chi connectivity index (χ3n) is 4.48. The number of hydrogen-bond acceptors (Lipinski definition) is 6. The fourth-order valence-corrected chi connectivity index (χ4v) is 3.03. The van der Waals surface area contributed by atoms with Crippen LogP contribution in [0.4, 0.5) is 5.82 Å². The Morgan fingerprint density at radius 3 is 2.36 bits per heavy atom. The van der Waals surface area contributed by atoms with E-state index in [-0.39, 0.29) is 0 Å². The van der Waals surface area contributed by atoms with Crippen molar-refractivity contribution in [2.75, 3.05) is 37.6 Å². The Labute approximate surface area is 146 Å². The summed E-state index contributed by atoms with van der Waals surface area (Å²) in [6.45, 7) is 5.07. The number of aromatic nitrogens is 5. The van der Waals surface area contributed by atoms with E-state index in [9.17, 15) is 0 Å². The average molecular weight is 335 g/mol. The first-order valence-electron chi connectivity index (χ1n) is 8.59. The molecule has 4 rings (SSSR count). The van der Waals surface area contributed by atoms with Crippen molar-refractivity contribution in [3.05, 3.63) is 60.7 Å². The normalized spacial score (nSPS) is 15.4. The molecule has 1 aliphatic rings. The van der Waals surface area contributed by atoms with Gasteiger partial charge in [-0.25, -0.2) is 4.68 Å². The van der Waals surface area contributed by atoms with E-state index < -0.39 is 0 Å². The second kappa shape index (κ2) is 7.40. The fraction of sp³-hybridized carbons (Fsp3) is 0.333. The van der Waals surface area contributed by atoms with E-state index in [2.05, 4.69) is 36.1 Å². The Hall–Kier alpha value is -2.80. The molecule has 0 spiro atoms. The molecule has 4 heterocycles. The molecule has 0 aliphatic carbocycles. The number of piperazine rings is 1. The van der Waals surface area contributed by atoms with Crippen molar-refractivity contribution in [1.82, 2.24) is 29.9 Å². The molecule has 3 aromatic rings. The van der Waals surface area contributed by atoms with Crippen LogP contribution in [0.25, 0.3) is 5.82 Å². The second-order valence-corrected chi connectivity index (χ2v) is 6.10. The van der Waals surface area contributed by atoms with Crippen LogP contribution in [0.2, 0.25) is 0 Å². The van der Waals surface area contributed by atoms with Crippen LogP contribution in [-0.4, -0.2) is 62.6 Å². The highest BCUT2D eigenvalue weighted by Gasteiger charge is 2.18. The van der Waals surface area contributed by atoms with Gasteiger partial charge in [0.05, 0.1) is 0 Å². The minimum Gasteiger partial charge on any atom is -0.353 e. The first kappa shape index (κ1) is 15.7. The van der Waals surface area contributed by atoms with Gasteiger partial charge in [-0.15, -0.1) is 10.2 Å². The van der Waals surface area contributed by atoms with Crippen molar-refractivity contribution >= 4 is 5.82 Å². The summed E-state index contributed by atoms with van der Waals surface area (Å²) in [5, 5.41) is 12.8. The van der Waals surface area contributed by atoms with E-state index in [0.717, 1.165) is 56.5 Å². The standard InChI is InChI=1S/C18H21N7/c1-2-8-19-16(4-1)7-11-23-12-14-24(15-13-23)17-5-6-18(22-21-17)25-10-3-9-20-25/h1-6,8-10H,7,11-15H2. The van der Waals surface area contributed by atoms with Gasteiger partial charge in [-0.2, -0.15) is 5.10 Å². The predicted octanol–water partition coefficient (Wildman–Crippen LogP) is 1.42. The Morgan fingerprint density at radius 2 is 1.68 bits per heavy atom. The summed E-state index contributed by atoms with van der Waals surface area (Å²) in [6.07, 6.45) is 6.46. The summed E-state index contributed by atoms with van der Waals surface area (Å²) in [6, 6.07) is 12.0. The van der Waals surface area contributed by atoms with Crippen LogP contribution in [0.5, 0.6) is 0 Å². The first-order chi connectivity index (χ1) is 12.4. The Morgan fingerprint density at radius 1 is 0.840 bits per heavy atom. The van der Waals surface area contributed by atoms with Gasteiger partial charge in [-0.1, -0.05) is 6.07 Å². The molecular formula is C18H21N7. The molecule has 25 heavy (non-hydrogen) atoms. The van der Waals surface area contributed by atoms with E-state index in [4.69, 9.17) is 0 Å². The molecular weight excluding hydrogens is 314 g/mol. The van der Waals surface area contributed by atoms with E-state index >= 15 is 0 Å². The lowest BCUT2D eigenvalue weighted by atomic mass is 10.2. The zero-order chi connectivity index (χ0) is 16.9. The van der Waals surface area contributed by atoms with Gasteiger partial charge in [-0.05, 0) is 30.3 Å². The molecule has 0 bridgehead atoms. The molecule has 1 fully saturated rings. The molecule has 7 heteroatoms. The predicted molar refractivity (Wildman–Crippen MR) is 95.7 cm³/mol. The van der Waals surface area contributed by atoms with Gasteiger partial charge in [0.2, 0.25) is 0 Å². The van der Waals surface area contributed by atoms with E-state index in [1.807, 2.05) is 42.7 Å². The lowest BCUT2D eigenvalue weighted by molar-refractivity contribution is 0.259. The van der Waals surface area contributed by atoms with Gasteiger partial charge < -0.3 is 4.90 Å². The summed E-state index contributed by atoms with van der Waals surface area (Å²) in [4.78, 5) is 9.16. The monoisotopic (exact) mass is 335 g/mol. The van der Waals surface area contributed by atoms with Crippen molar-refractivity contribution in [2.24, 2.45) is 0 Å². The smallest absolute Gasteiger partial charge is 0.175 e. The lowest BCUT2D eigenvalue weighted by Gasteiger charge is -2.35. The topological polar surface area (TPSA) is 63.0 Å². The Kier molecular flexibility index (Phi) is 4.65. The van der Waals surface area contributed by atoms with Crippen molar-refractivity contribution in [3.63, 3.8) is 0 Å². The summed E-state index contributed by atoms with van der Waals surface area (Å²) in [5.41, 5.74) is 1.16. The van der Waals surface area contributed by atoms with Crippen molar-refractivity contribution in [2.45, 2.75) is 6.42 Å². The van der Waals surface area contributed by atoms with Gasteiger partial charge >= 0.3 is 0 Å². The molecule has 7 nitrogen and oxygen atoms in total. The van der Waals surface area contributed by atoms with Gasteiger partial charge in [0.1, 0.15) is 0 Å². The molecule has 0 N–H and O–H groups in total. The van der Waals surface area contributed by atoms with Crippen LogP contribution >= 0.6 is 0 Å². The largest absolute Gasteiger partial charge is 0.353 e. The molecule has 128 valence electrons. The molecule has 3 aromatic heterocycles. The third-order valence-corrected chi connectivity index (χ3v) is 4.48. The number of rotatable bonds is 5. The van der Waals surface area contributed by atoms with Crippen LogP contribution in [0, 0.1) is 0 Å². The zero-order valence-electron chi connectivity index (χ0n) is 14.1. The minimum atomic E-state index is 0.739. The highest BCUT2D eigenvalue weighted by Crippen LogP contribution is 2.14. The summed E-state index contributed by atoms with van der Waals surface area (Å²) >= 11 is 0. The molecule has 1 aliphatic heterocycles. The molecule has 0 amide bonds. The lowest BCUT2D eigenvalue weighted by Crippen LogP contribution is -2.47. The maximum Gasteiger partial charge on any atom is 0.175 e. The number of nitrogens with zero attached hydrogens (tertiary/aromatic N) is 7. The molecule has 1 saturated heterocycles. The molecule has 0 aromatic carbocycles. The maximum atomic E-state index is 4.39. The van der Waals surface area contributed by atoms with Gasteiger partial charge in [0.15, 0.2) is 11.6 Å². The van der Waals surface area contributed by atoms with Gasteiger partial charge in [0.25, 0.3) is 0 Å². The quantitative estimate of drug-likeness (QED) is 0.703. The van der Waals surface area contributed by atoms with Crippen molar-refractivity contribution in [1.29, 1.82) is 0 Å². The van der Waals surface area contributed by atoms with Gasteiger partial charge in [0, 0.05) is 63.4 Å². The van der Waals surface area contributed by atoms with Gasteiger partial charge in [-0.3, -0.25) is 9.88 Å². The highest BCUT2D eigenvalue weighted by molar-refractivity contribution is 5.40. The minimum absolute atomic E-state index is 0.739. The van der Waals surface area contributed by atoms with E-state index in [0.29, 0.717) is 0 Å². The number of anilines is 1. The summed E-state index contributed by atoms with van der Waals surface area (Å²) in [7, 11) is 0. The molecule has 0 saturated carbocycles. The molecule has 0 radical (unpaired) electrons. The van der Waals surface area contributed by atoms with Crippen LogP contribution in [0.3, 0.4) is 0 Å². The fourth-order valence-electron chi connectivity index (χ4n) is 3.03. The molecule has 0 atom stereocenters. The van der Waals surface area contributed by atoms with Crippen molar-refractivity contribution < 1.29 is 0 Å². The Balaban J connectivity index is 1.29. The maximum absolute atomic E-state index is 4.39. The van der Waals surface area contributed by atoms with Crippen LogP contribution in [0.15, 0.2) is 55.0 Å². The SMILES string of the molecule is c1ccc(CCN2CCN(c3ccc(-n4cccn4)nn3)CC2)nc1. The second-order valence-electron chi connectivity index (χ2n) is 6.10. The van der Waals surface area contributed by atoms with Crippen molar-refractivity contribution in [3.8, 4) is 5.82 Å².